The predicted molar refractivity (Wildman–Crippen MR) is 72.2 cm³/mol. The largest absolute Gasteiger partial charge is 0.325 e. The molecule has 0 aliphatic heterocycles. The molecule has 0 heterocycles. The molecule has 0 bridgehead atoms. The first-order valence-electron chi connectivity index (χ1n) is 5.33. The monoisotopic (exact) mass is 237 g/mol. The molecule has 1 amide bonds. The number of anilines is 1. The van der Waals surface area contributed by atoms with Gasteiger partial charge < -0.3 is 5.32 Å². The van der Waals surface area contributed by atoms with Crippen LogP contribution in [-0.2, 0) is 10.2 Å². The molecule has 88 valence electrons. The van der Waals surface area contributed by atoms with E-state index in [4.69, 9.17) is 0 Å². The molecule has 1 aromatic rings. The predicted octanol–water partition coefficient (Wildman–Crippen LogP) is 3.29. The number of carbonyl (C=O) groups is 1. The molecule has 2 nitrogen and oxygen atoms in total. The number of hydrogen-bond donors (Lipinski definition) is 1. The molecule has 16 heavy (non-hydrogen) atoms. The molecular weight excluding hydrogens is 218 g/mol. The van der Waals surface area contributed by atoms with Crippen LogP contribution in [0.5, 0.6) is 0 Å². The van der Waals surface area contributed by atoms with Crippen molar-refractivity contribution < 1.29 is 4.79 Å². The average molecular weight is 237 g/mol. The van der Waals surface area contributed by atoms with Gasteiger partial charge in [-0.3, -0.25) is 4.79 Å². The molecule has 0 atom stereocenters. The average Bonchev–Trinajstić information content (AvgIpc) is 2.17. The molecule has 0 saturated heterocycles. The smallest absolute Gasteiger partial charge is 0.234 e. The molecule has 0 aliphatic rings. The molecule has 0 spiro atoms. The lowest BCUT2D eigenvalue weighted by Gasteiger charge is -2.22. The maximum absolute atomic E-state index is 11.6. The van der Waals surface area contributed by atoms with Gasteiger partial charge in [-0.1, -0.05) is 39.0 Å². The van der Waals surface area contributed by atoms with Crippen molar-refractivity contribution in [2.75, 3.05) is 17.3 Å². The summed E-state index contributed by atoms with van der Waals surface area (Å²) in [6.45, 7) is 6.44. The second-order valence-electron chi connectivity index (χ2n) is 4.78. The summed E-state index contributed by atoms with van der Waals surface area (Å²) in [5, 5.41) is 2.96. The second-order valence-corrected chi connectivity index (χ2v) is 5.64. The Hall–Kier alpha value is -0.960. The Morgan fingerprint density at radius 1 is 1.31 bits per heavy atom. The molecule has 0 saturated carbocycles. The van der Waals surface area contributed by atoms with E-state index in [0.717, 1.165) is 5.69 Å². The van der Waals surface area contributed by atoms with Gasteiger partial charge in [0.1, 0.15) is 0 Å². The molecule has 1 rings (SSSR count). The van der Waals surface area contributed by atoms with Crippen molar-refractivity contribution in [3.8, 4) is 0 Å². The first kappa shape index (κ1) is 13.1. The van der Waals surface area contributed by atoms with Gasteiger partial charge in [-0.2, -0.15) is 11.8 Å². The van der Waals surface area contributed by atoms with Gasteiger partial charge in [-0.25, -0.2) is 0 Å². The Morgan fingerprint density at radius 3 is 2.50 bits per heavy atom. The first-order valence-corrected chi connectivity index (χ1v) is 6.73. The Bertz CT molecular complexity index is 368. The number of nitrogens with one attached hydrogen (secondary N) is 1. The zero-order valence-corrected chi connectivity index (χ0v) is 11.1. The van der Waals surface area contributed by atoms with Crippen molar-refractivity contribution in [1.29, 1.82) is 0 Å². The van der Waals surface area contributed by atoms with E-state index in [2.05, 4.69) is 32.2 Å². The number of amides is 1. The third kappa shape index (κ3) is 3.56. The summed E-state index contributed by atoms with van der Waals surface area (Å²) in [7, 11) is 0. The third-order valence-corrected chi connectivity index (χ3v) is 2.84. The van der Waals surface area contributed by atoms with Crippen LogP contribution in [0.4, 0.5) is 5.69 Å². The lowest BCUT2D eigenvalue weighted by atomic mass is 9.86. The second kappa shape index (κ2) is 5.39. The lowest BCUT2D eigenvalue weighted by Crippen LogP contribution is -2.19. The van der Waals surface area contributed by atoms with E-state index in [1.807, 2.05) is 24.5 Å². The molecule has 0 radical (unpaired) electrons. The summed E-state index contributed by atoms with van der Waals surface area (Å²) in [4.78, 5) is 11.6. The molecule has 3 heteroatoms. The van der Waals surface area contributed by atoms with Crippen LogP contribution in [0.1, 0.15) is 26.3 Å². The lowest BCUT2D eigenvalue weighted by molar-refractivity contribution is -0.113. The molecule has 1 aromatic carbocycles. The Morgan fingerprint density at radius 2 is 1.94 bits per heavy atom. The summed E-state index contributed by atoms with van der Waals surface area (Å²) >= 11 is 1.53. The highest BCUT2D eigenvalue weighted by Crippen LogP contribution is 2.29. The standard InChI is InChI=1S/C13H19NOS/c1-13(2,3)10-7-5-6-8-11(10)14-12(15)9-16-4/h5-8H,9H2,1-4H3,(H,14,15). The quantitative estimate of drug-likeness (QED) is 0.874. The summed E-state index contributed by atoms with van der Waals surface area (Å²) in [5.41, 5.74) is 2.14. The van der Waals surface area contributed by atoms with Crippen LogP contribution in [0.25, 0.3) is 0 Å². The highest BCUT2D eigenvalue weighted by molar-refractivity contribution is 7.99. The minimum absolute atomic E-state index is 0.0449. The van der Waals surface area contributed by atoms with Crippen LogP contribution < -0.4 is 5.32 Å². The minimum atomic E-state index is 0.0449. The minimum Gasteiger partial charge on any atom is -0.325 e. The number of benzene rings is 1. The molecule has 0 aliphatic carbocycles. The van der Waals surface area contributed by atoms with Crippen molar-refractivity contribution in [2.45, 2.75) is 26.2 Å². The van der Waals surface area contributed by atoms with E-state index < -0.39 is 0 Å². The van der Waals surface area contributed by atoms with Crippen LogP contribution in [-0.4, -0.2) is 17.9 Å². The topological polar surface area (TPSA) is 29.1 Å². The van der Waals surface area contributed by atoms with Gasteiger partial charge in [0.05, 0.1) is 5.75 Å². The number of rotatable bonds is 3. The fraction of sp³-hybridized carbons (Fsp3) is 0.462. The molecule has 0 aromatic heterocycles. The number of carbonyl (C=O) groups excluding carboxylic acids is 1. The van der Waals surface area contributed by atoms with Gasteiger partial charge in [-0.05, 0) is 23.3 Å². The van der Waals surface area contributed by atoms with Crippen LogP contribution in [0, 0.1) is 0 Å². The maximum atomic E-state index is 11.6. The Labute approximate surface area is 102 Å². The fourth-order valence-corrected chi connectivity index (χ4v) is 1.90. The van der Waals surface area contributed by atoms with Crippen molar-refractivity contribution >= 4 is 23.4 Å². The van der Waals surface area contributed by atoms with Gasteiger partial charge in [0, 0.05) is 5.69 Å². The van der Waals surface area contributed by atoms with Crippen LogP contribution in [0.2, 0.25) is 0 Å². The Balaban J connectivity index is 2.92. The van der Waals surface area contributed by atoms with E-state index in [0.29, 0.717) is 5.75 Å². The van der Waals surface area contributed by atoms with Gasteiger partial charge in [0.25, 0.3) is 0 Å². The third-order valence-electron chi connectivity index (χ3n) is 2.28. The van der Waals surface area contributed by atoms with Gasteiger partial charge in [0.2, 0.25) is 5.91 Å². The zero-order valence-electron chi connectivity index (χ0n) is 10.3. The SMILES string of the molecule is CSCC(=O)Nc1ccccc1C(C)(C)C. The van der Waals surface area contributed by atoms with Crippen LogP contribution in [0.15, 0.2) is 24.3 Å². The molecule has 0 fully saturated rings. The number of hydrogen-bond acceptors (Lipinski definition) is 2. The highest BCUT2D eigenvalue weighted by Gasteiger charge is 2.18. The van der Waals surface area contributed by atoms with Crippen molar-refractivity contribution in [3.63, 3.8) is 0 Å². The van der Waals surface area contributed by atoms with E-state index in [9.17, 15) is 4.79 Å². The van der Waals surface area contributed by atoms with Crippen LogP contribution in [0.3, 0.4) is 0 Å². The first-order chi connectivity index (χ1) is 7.45. The fourth-order valence-electron chi connectivity index (χ4n) is 1.56. The summed E-state index contributed by atoms with van der Waals surface area (Å²) < 4.78 is 0. The van der Waals surface area contributed by atoms with Gasteiger partial charge in [0.15, 0.2) is 0 Å². The van der Waals surface area contributed by atoms with Gasteiger partial charge in [-0.15, -0.1) is 0 Å². The normalized spacial score (nSPS) is 11.2. The molecular formula is C13H19NOS. The summed E-state index contributed by atoms with van der Waals surface area (Å²) in [6, 6.07) is 7.97. The van der Waals surface area contributed by atoms with Crippen LogP contribution >= 0.6 is 11.8 Å². The van der Waals surface area contributed by atoms with E-state index in [1.54, 1.807) is 0 Å². The van der Waals surface area contributed by atoms with Crippen molar-refractivity contribution in [2.24, 2.45) is 0 Å². The zero-order chi connectivity index (χ0) is 12.2. The molecule has 0 unspecified atom stereocenters. The number of thioether (sulfide) groups is 1. The van der Waals surface area contributed by atoms with Crippen molar-refractivity contribution in [1.82, 2.24) is 0 Å². The van der Waals surface area contributed by atoms with Gasteiger partial charge >= 0.3 is 0 Å². The summed E-state index contributed by atoms with van der Waals surface area (Å²) in [5.74, 6) is 0.558. The van der Waals surface area contributed by atoms with E-state index >= 15 is 0 Å². The summed E-state index contributed by atoms with van der Waals surface area (Å²) in [6.07, 6.45) is 1.93. The van der Waals surface area contributed by atoms with Crippen molar-refractivity contribution in [3.05, 3.63) is 29.8 Å². The maximum Gasteiger partial charge on any atom is 0.234 e. The van der Waals surface area contributed by atoms with E-state index in [1.165, 1.54) is 17.3 Å². The Kier molecular flexibility index (Phi) is 4.42. The molecule has 1 N–H and O–H groups in total. The highest BCUT2D eigenvalue weighted by atomic mass is 32.2. The number of para-hydroxylation sites is 1. The van der Waals surface area contributed by atoms with E-state index in [-0.39, 0.29) is 11.3 Å².